The van der Waals surface area contributed by atoms with E-state index in [4.69, 9.17) is 0 Å². The first-order chi connectivity index (χ1) is 15.1. The number of aromatic nitrogens is 2. The average molecular weight is 527 g/mol. The normalized spacial score (nSPS) is 17.6. The van der Waals surface area contributed by atoms with Crippen LogP contribution in [0.1, 0.15) is 12.8 Å². The summed E-state index contributed by atoms with van der Waals surface area (Å²) in [5, 5.41) is 0. The van der Waals surface area contributed by atoms with Gasteiger partial charge in [0, 0.05) is 13.1 Å². The van der Waals surface area contributed by atoms with E-state index in [0.717, 1.165) is 16.0 Å². The maximum absolute atomic E-state index is 13.5. The molecule has 0 aliphatic carbocycles. The molecule has 1 aliphatic rings. The second-order valence-electron chi connectivity index (χ2n) is 7.00. The number of nitrogens with zero attached hydrogens (tertiary/aromatic N) is 3. The smallest absolute Gasteiger partial charge is 0.396 e. The average Bonchev–Trinajstić information content (AvgIpc) is 3.21. The molecule has 0 bridgehead atoms. The van der Waals surface area contributed by atoms with Crippen LogP contribution in [0.3, 0.4) is 0 Å². The standard InChI is InChI=1S/C16H13F8N3O4S2/c17-13(18)14(19,20)15(21,22)16(23,24)31-12(28)8-4-6-27(7-5-8)33(29,30)10-3-1-2-9-11(10)26-32-25-9/h1-3,8,13H,4-7H2. The molecule has 184 valence electrons. The summed E-state index contributed by atoms with van der Waals surface area (Å²) in [5.41, 5.74) is 0.397. The summed E-state index contributed by atoms with van der Waals surface area (Å²) in [6, 6.07) is 4.19. The van der Waals surface area contributed by atoms with E-state index in [2.05, 4.69) is 13.5 Å². The Kier molecular flexibility index (Phi) is 6.62. The van der Waals surface area contributed by atoms with Crippen molar-refractivity contribution in [1.82, 2.24) is 13.1 Å². The van der Waals surface area contributed by atoms with Gasteiger partial charge in [-0.15, -0.1) is 0 Å². The lowest BCUT2D eigenvalue weighted by atomic mass is 9.98. The molecule has 1 aromatic heterocycles. The van der Waals surface area contributed by atoms with E-state index in [0.29, 0.717) is 5.52 Å². The molecule has 17 heteroatoms. The van der Waals surface area contributed by atoms with Crippen LogP contribution < -0.4 is 0 Å². The monoisotopic (exact) mass is 527 g/mol. The van der Waals surface area contributed by atoms with Crippen LogP contribution in [-0.4, -0.2) is 64.9 Å². The molecule has 1 fully saturated rings. The number of halogens is 8. The van der Waals surface area contributed by atoms with Gasteiger partial charge in [-0.3, -0.25) is 4.79 Å². The Morgan fingerprint density at radius 2 is 1.70 bits per heavy atom. The summed E-state index contributed by atoms with van der Waals surface area (Å²) < 4.78 is 141. The van der Waals surface area contributed by atoms with E-state index in [9.17, 15) is 48.3 Å². The van der Waals surface area contributed by atoms with Crippen molar-refractivity contribution in [2.45, 2.75) is 42.1 Å². The zero-order valence-corrected chi connectivity index (χ0v) is 17.7. The van der Waals surface area contributed by atoms with Gasteiger partial charge in [0.1, 0.15) is 15.9 Å². The molecule has 7 nitrogen and oxygen atoms in total. The van der Waals surface area contributed by atoms with Crippen molar-refractivity contribution in [3.05, 3.63) is 18.2 Å². The van der Waals surface area contributed by atoms with Crippen LogP contribution in [0.25, 0.3) is 11.0 Å². The molecular weight excluding hydrogens is 514 g/mol. The number of hydrogen-bond acceptors (Lipinski definition) is 7. The molecule has 0 N–H and O–H groups in total. The Morgan fingerprint density at radius 1 is 1.09 bits per heavy atom. The molecule has 1 aromatic carbocycles. The number of fused-ring (bicyclic) bond motifs is 1. The van der Waals surface area contributed by atoms with Gasteiger partial charge in [0.15, 0.2) is 0 Å². The Hall–Kier alpha value is -2.14. The predicted octanol–water partition coefficient (Wildman–Crippen LogP) is 3.76. The largest absolute Gasteiger partial charge is 0.473 e. The summed E-state index contributed by atoms with van der Waals surface area (Å²) in [6.07, 6.45) is -12.3. The Balaban J connectivity index is 1.69. The molecule has 1 saturated heterocycles. The van der Waals surface area contributed by atoms with Gasteiger partial charge in [0.25, 0.3) is 0 Å². The highest BCUT2D eigenvalue weighted by molar-refractivity contribution is 7.89. The molecule has 0 unspecified atom stereocenters. The van der Waals surface area contributed by atoms with Crippen LogP contribution in [0.15, 0.2) is 23.1 Å². The Labute approximate surface area is 184 Å². The van der Waals surface area contributed by atoms with Crippen LogP contribution >= 0.6 is 11.7 Å². The fraction of sp³-hybridized carbons (Fsp3) is 0.562. The quantitative estimate of drug-likeness (QED) is 0.403. The van der Waals surface area contributed by atoms with Gasteiger partial charge in [-0.05, 0) is 25.0 Å². The maximum Gasteiger partial charge on any atom is 0.473 e. The first kappa shape index (κ1) is 25.5. The fourth-order valence-corrected chi connectivity index (χ4v) is 5.29. The van der Waals surface area contributed by atoms with Gasteiger partial charge >= 0.3 is 30.3 Å². The fourth-order valence-electron chi connectivity index (χ4n) is 3.07. The number of piperidine rings is 1. The van der Waals surface area contributed by atoms with Crippen molar-refractivity contribution in [2.75, 3.05) is 13.1 Å². The molecular formula is C16H13F8N3O4S2. The van der Waals surface area contributed by atoms with E-state index >= 15 is 0 Å². The highest BCUT2D eigenvalue weighted by Crippen LogP contribution is 2.49. The minimum Gasteiger partial charge on any atom is -0.396 e. The van der Waals surface area contributed by atoms with E-state index in [1.54, 1.807) is 0 Å². The van der Waals surface area contributed by atoms with Gasteiger partial charge < -0.3 is 4.74 Å². The van der Waals surface area contributed by atoms with Crippen molar-refractivity contribution >= 4 is 38.8 Å². The summed E-state index contributed by atoms with van der Waals surface area (Å²) in [5.74, 6) is -16.8. The lowest BCUT2D eigenvalue weighted by molar-refractivity contribution is -0.401. The number of esters is 1. The Morgan fingerprint density at radius 3 is 2.27 bits per heavy atom. The van der Waals surface area contributed by atoms with Crippen molar-refractivity contribution in [2.24, 2.45) is 5.92 Å². The van der Waals surface area contributed by atoms with E-state index in [-0.39, 0.29) is 10.4 Å². The number of rotatable bonds is 7. The molecule has 0 amide bonds. The van der Waals surface area contributed by atoms with Crippen molar-refractivity contribution in [3.63, 3.8) is 0 Å². The highest BCUT2D eigenvalue weighted by atomic mass is 32.2. The van der Waals surface area contributed by atoms with Gasteiger partial charge in [-0.25, -0.2) is 17.2 Å². The zero-order valence-electron chi connectivity index (χ0n) is 16.0. The molecule has 33 heavy (non-hydrogen) atoms. The zero-order chi connectivity index (χ0) is 24.8. The number of ether oxygens (including phenoxy) is 1. The van der Waals surface area contributed by atoms with Crippen molar-refractivity contribution in [3.8, 4) is 0 Å². The second kappa shape index (κ2) is 8.57. The van der Waals surface area contributed by atoms with Crippen LogP contribution in [0.4, 0.5) is 35.1 Å². The maximum atomic E-state index is 13.5. The topological polar surface area (TPSA) is 89.5 Å². The summed E-state index contributed by atoms with van der Waals surface area (Å²) in [6.45, 7) is -0.851. The van der Waals surface area contributed by atoms with Crippen LogP contribution in [-0.2, 0) is 19.6 Å². The van der Waals surface area contributed by atoms with E-state index in [1.807, 2.05) is 0 Å². The number of carbonyl (C=O) groups excluding carboxylic acids is 1. The lowest BCUT2D eigenvalue weighted by Gasteiger charge is -2.33. The molecule has 0 atom stereocenters. The minimum atomic E-state index is -6.69. The SMILES string of the molecule is O=C(OC(F)(F)C(F)(F)C(F)(F)C(F)F)C1CCN(S(=O)(=O)c2cccc3nsnc23)CC1. The second-order valence-corrected chi connectivity index (χ2v) is 9.44. The van der Waals surface area contributed by atoms with Gasteiger partial charge in [0.2, 0.25) is 10.0 Å². The molecule has 0 saturated carbocycles. The summed E-state index contributed by atoms with van der Waals surface area (Å²) in [7, 11) is -4.16. The van der Waals surface area contributed by atoms with Crippen LogP contribution in [0.5, 0.6) is 0 Å². The number of hydrogen-bond donors (Lipinski definition) is 0. The highest BCUT2D eigenvalue weighted by Gasteiger charge is 2.78. The van der Waals surface area contributed by atoms with Gasteiger partial charge in [-0.2, -0.15) is 39.4 Å². The third-order valence-corrected chi connectivity index (χ3v) is 7.41. The molecule has 0 spiro atoms. The van der Waals surface area contributed by atoms with Gasteiger partial charge in [-0.1, -0.05) is 6.07 Å². The molecule has 2 heterocycles. The predicted molar refractivity (Wildman–Crippen MR) is 95.8 cm³/mol. The minimum absolute atomic E-state index is 0.0888. The number of sulfonamides is 1. The number of benzene rings is 1. The Bertz CT molecular complexity index is 1130. The van der Waals surface area contributed by atoms with Gasteiger partial charge in [0.05, 0.1) is 17.6 Å². The third-order valence-electron chi connectivity index (χ3n) is 4.94. The number of carbonyl (C=O) groups is 1. The van der Waals surface area contributed by atoms with E-state index < -0.39 is 72.2 Å². The third kappa shape index (κ3) is 4.37. The van der Waals surface area contributed by atoms with E-state index in [1.165, 1.54) is 18.2 Å². The summed E-state index contributed by atoms with van der Waals surface area (Å²) in [4.78, 5) is 11.7. The van der Waals surface area contributed by atoms with Crippen LogP contribution in [0.2, 0.25) is 0 Å². The molecule has 0 radical (unpaired) electrons. The first-order valence-electron chi connectivity index (χ1n) is 8.99. The first-order valence-corrected chi connectivity index (χ1v) is 11.2. The molecule has 1 aliphatic heterocycles. The molecule has 3 rings (SSSR count). The summed E-state index contributed by atoms with van der Waals surface area (Å²) >= 11 is 0.768. The van der Waals surface area contributed by atoms with Crippen molar-refractivity contribution in [1.29, 1.82) is 0 Å². The lowest BCUT2D eigenvalue weighted by Crippen LogP contribution is -2.59. The van der Waals surface area contributed by atoms with Crippen LogP contribution in [0, 0.1) is 5.92 Å². The number of alkyl halides is 8. The van der Waals surface area contributed by atoms with Crippen molar-refractivity contribution < 1.29 is 53.1 Å². The molecule has 2 aromatic rings.